The van der Waals surface area contributed by atoms with Gasteiger partial charge in [0, 0.05) is 55.6 Å². The van der Waals surface area contributed by atoms with Crippen LogP contribution in [0.25, 0.3) is 0 Å². The summed E-state index contributed by atoms with van der Waals surface area (Å²) in [6.07, 6.45) is 0.362. The number of anilines is 1. The van der Waals surface area contributed by atoms with Crippen molar-refractivity contribution in [1.29, 1.82) is 0 Å². The zero-order valence-corrected chi connectivity index (χ0v) is 18.4. The maximum atomic E-state index is 12.0. The van der Waals surface area contributed by atoms with Gasteiger partial charge in [-0.3, -0.25) is 25.3 Å². The largest absolute Gasteiger partial charge is 0.369 e. The molecule has 160 valence electrons. The highest BCUT2D eigenvalue weighted by molar-refractivity contribution is 7.99. The van der Waals surface area contributed by atoms with Crippen LogP contribution < -0.4 is 15.8 Å². The molecule has 1 saturated heterocycles. The van der Waals surface area contributed by atoms with Crippen molar-refractivity contribution >= 4 is 40.9 Å². The number of halogens is 1. The van der Waals surface area contributed by atoms with Crippen LogP contribution in [0.4, 0.5) is 5.69 Å². The van der Waals surface area contributed by atoms with Gasteiger partial charge in [-0.05, 0) is 29.8 Å². The third kappa shape index (κ3) is 7.55. The number of carbonyl (C=O) groups excluding carboxylic acids is 2. The Morgan fingerprint density at radius 1 is 0.933 bits per heavy atom. The summed E-state index contributed by atoms with van der Waals surface area (Å²) >= 11 is 7.42. The molecule has 2 aromatic rings. The molecule has 30 heavy (non-hydrogen) atoms. The predicted molar refractivity (Wildman–Crippen MR) is 124 cm³/mol. The van der Waals surface area contributed by atoms with Gasteiger partial charge in [0.2, 0.25) is 11.8 Å². The van der Waals surface area contributed by atoms with Crippen molar-refractivity contribution in [1.82, 2.24) is 15.8 Å². The minimum atomic E-state index is -0.216. The van der Waals surface area contributed by atoms with E-state index >= 15 is 0 Å². The minimum absolute atomic E-state index is 0.173. The summed E-state index contributed by atoms with van der Waals surface area (Å²) in [4.78, 5) is 28.6. The minimum Gasteiger partial charge on any atom is -0.369 e. The van der Waals surface area contributed by atoms with Crippen molar-refractivity contribution in [3.63, 3.8) is 0 Å². The van der Waals surface area contributed by atoms with Gasteiger partial charge in [0.25, 0.3) is 0 Å². The van der Waals surface area contributed by atoms with Gasteiger partial charge in [0.05, 0.1) is 5.75 Å². The number of amides is 2. The number of carbonyl (C=O) groups is 2. The summed E-state index contributed by atoms with van der Waals surface area (Å²) in [5.74, 6) is 0.575. The Morgan fingerprint density at radius 3 is 2.40 bits per heavy atom. The molecule has 6 nitrogen and oxygen atoms in total. The molecule has 1 aliphatic heterocycles. The molecule has 1 aliphatic rings. The number of hydrogen-bond donors (Lipinski definition) is 2. The highest BCUT2D eigenvalue weighted by atomic mass is 35.5. The van der Waals surface area contributed by atoms with Crippen molar-refractivity contribution in [2.24, 2.45) is 0 Å². The van der Waals surface area contributed by atoms with Gasteiger partial charge in [-0.15, -0.1) is 11.8 Å². The molecule has 0 radical (unpaired) electrons. The van der Waals surface area contributed by atoms with Gasteiger partial charge in [-0.1, -0.05) is 41.9 Å². The van der Waals surface area contributed by atoms with Gasteiger partial charge in [0.15, 0.2) is 0 Å². The number of hydrazine groups is 1. The van der Waals surface area contributed by atoms with Crippen molar-refractivity contribution < 1.29 is 9.59 Å². The highest BCUT2D eigenvalue weighted by Crippen LogP contribution is 2.17. The van der Waals surface area contributed by atoms with Crippen LogP contribution in [0.2, 0.25) is 5.02 Å². The zero-order valence-electron chi connectivity index (χ0n) is 16.9. The second-order valence-electron chi connectivity index (χ2n) is 7.13. The first kappa shape index (κ1) is 22.5. The fourth-order valence-corrected chi connectivity index (χ4v) is 4.24. The fraction of sp³-hybridized carbons (Fsp3) is 0.364. The van der Waals surface area contributed by atoms with Crippen LogP contribution in [0.3, 0.4) is 0 Å². The standard InChI is InChI=1S/C22H27ClN4O2S/c23-19-6-4-5-18(15-19)16-30-17-22(29)25-24-21(28)9-10-26-11-13-27(14-12-26)20-7-2-1-3-8-20/h1-8,15H,9-14,16-17H2,(H,24,28)(H,25,29). The number of thioether (sulfide) groups is 1. The van der Waals surface area contributed by atoms with Crippen LogP contribution in [0.1, 0.15) is 12.0 Å². The van der Waals surface area contributed by atoms with E-state index in [-0.39, 0.29) is 17.6 Å². The predicted octanol–water partition coefficient (Wildman–Crippen LogP) is 2.93. The lowest BCUT2D eigenvalue weighted by Crippen LogP contribution is -2.48. The summed E-state index contributed by atoms with van der Waals surface area (Å²) in [7, 11) is 0. The third-order valence-corrected chi connectivity index (χ3v) is 6.12. The first-order valence-corrected chi connectivity index (χ1v) is 11.6. The summed E-state index contributed by atoms with van der Waals surface area (Å²) in [6, 6.07) is 17.9. The number of para-hydroxylation sites is 1. The van der Waals surface area contributed by atoms with Crippen LogP contribution in [-0.2, 0) is 15.3 Å². The monoisotopic (exact) mass is 446 g/mol. The quantitative estimate of drug-likeness (QED) is 0.610. The van der Waals surface area contributed by atoms with E-state index in [0.717, 1.165) is 31.7 Å². The molecule has 0 saturated carbocycles. The molecule has 0 spiro atoms. The van der Waals surface area contributed by atoms with E-state index in [2.05, 4.69) is 44.9 Å². The lowest BCUT2D eigenvalue weighted by Gasteiger charge is -2.36. The van der Waals surface area contributed by atoms with Gasteiger partial charge in [-0.2, -0.15) is 0 Å². The average Bonchev–Trinajstić information content (AvgIpc) is 2.77. The summed E-state index contributed by atoms with van der Waals surface area (Å²) < 4.78 is 0. The molecule has 8 heteroatoms. The Morgan fingerprint density at radius 2 is 1.67 bits per heavy atom. The second kappa shape index (κ2) is 11.8. The number of nitrogens with zero attached hydrogens (tertiary/aromatic N) is 2. The summed E-state index contributed by atoms with van der Waals surface area (Å²) in [5.41, 5.74) is 7.30. The van der Waals surface area contributed by atoms with Crippen LogP contribution >= 0.6 is 23.4 Å². The van der Waals surface area contributed by atoms with Crippen molar-refractivity contribution in [2.75, 3.05) is 43.4 Å². The SMILES string of the molecule is O=C(CCN1CCN(c2ccccc2)CC1)NNC(=O)CSCc1cccc(Cl)c1. The maximum absolute atomic E-state index is 12.0. The molecule has 1 heterocycles. The molecule has 1 fully saturated rings. The Kier molecular flexibility index (Phi) is 8.86. The molecule has 0 aromatic heterocycles. The van der Waals surface area contributed by atoms with Crippen molar-refractivity contribution in [3.05, 3.63) is 65.2 Å². The Bertz CT molecular complexity index is 829. The molecule has 0 atom stereocenters. The average molecular weight is 447 g/mol. The smallest absolute Gasteiger partial charge is 0.248 e. The lowest BCUT2D eigenvalue weighted by molar-refractivity contribution is -0.127. The van der Waals surface area contributed by atoms with Crippen LogP contribution in [-0.4, -0.2) is 55.2 Å². The highest BCUT2D eigenvalue weighted by Gasteiger charge is 2.17. The molecule has 2 amide bonds. The number of nitrogens with one attached hydrogen (secondary N) is 2. The first-order valence-electron chi connectivity index (χ1n) is 10.0. The Balaban J connectivity index is 1.25. The molecule has 2 aromatic carbocycles. The second-order valence-corrected chi connectivity index (χ2v) is 8.56. The third-order valence-electron chi connectivity index (χ3n) is 4.88. The zero-order chi connectivity index (χ0) is 21.2. The number of hydrogen-bond acceptors (Lipinski definition) is 5. The van der Waals surface area contributed by atoms with Crippen LogP contribution in [0.5, 0.6) is 0 Å². The van der Waals surface area contributed by atoms with Crippen LogP contribution in [0, 0.1) is 0 Å². The van der Waals surface area contributed by atoms with E-state index in [0.29, 0.717) is 23.7 Å². The Hall–Kier alpha value is -2.22. The summed E-state index contributed by atoms with van der Waals surface area (Å²) in [5, 5.41) is 0.686. The van der Waals surface area contributed by atoms with E-state index in [9.17, 15) is 9.59 Å². The van der Waals surface area contributed by atoms with E-state index < -0.39 is 0 Å². The Labute approximate surface area is 186 Å². The van der Waals surface area contributed by atoms with Crippen molar-refractivity contribution in [3.8, 4) is 0 Å². The lowest BCUT2D eigenvalue weighted by atomic mass is 10.2. The molecular formula is C22H27ClN4O2S. The van der Waals surface area contributed by atoms with E-state index in [1.54, 1.807) is 0 Å². The summed E-state index contributed by atoms with van der Waals surface area (Å²) in [6.45, 7) is 4.44. The van der Waals surface area contributed by atoms with Gasteiger partial charge < -0.3 is 4.90 Å². The first-order chi connectivity index (χ1) is 14.6. The number of piperazine rings is 1. The van der Waals surface area contributed by atoms with Gasteiger partial charge in [-0.25, -0.2) is 0 Å². The molecule has 0 bridgehead atoms. The number of rotatable bonds is 8. The molecule has 2 N–H and O–H groups in total. The van der Waals surface area contributed by atoms with Gasteiger partial charge in [0.1, 0.15) is 0 Å². The normalized spacial score (nSPS) is 14.4. The fourth-order valence-electron chi connectivity index (χ4n) is 3.25. The van der Waals surface area contributed by atoms with Gasteiger partial charge >= 0.3 is 0 Å². The van der Waals surface area contributed by atoms with E-state index in [1.807, 2.05) is 30.3 Å². The topological polar surface area (TPSA) is 64.7 Å². The van der Waals surface area contributed by atoms with Crippen LogP contribution in [0.15, 0.2) is 54.6 Å². The number of benzene rings is 2. The van der Waals surface area contributed by atoms with Crippen molar-refractivity contribution in [2.45, 2.75) is 12.2 Å². The maximum Gasteiger partial charge on any atom is 0.248 e. The van der Waals surface area contributed by atoms with E-state index in [4.69, 9.17) is 11.6 Å². The molecular weight excluding hydrogens is 420 g/mol. The molecule has 0 aliphatic carbocycles. The van der Waals surface area contributed by atoms with E-state index in [1.165, 1.54) is 17.4 Å². The molecule has 3 rings (SSSR count). The molecule has 0 unspecified atom stereocenters.